The van der Waals surface area contributed by atoms with Crippen molar-refractivity contribution >= 4 is 5.91 Å². The molecule has 1 saturated heterocycles. The standard InChI is InChI=1S/C16H32N4O/c1-15(2,3)20-11-9-19(10-12-20)8-6-13-5-4-7-16(13,18)14(17)21/h13H,4-12,18H2,1-3H3,(H2,17,21). The van der Waals surface area contributed by atoms with Crippen LogP contribution < -0.4 is 11.5 Å². The summed E-state index contributed by atoms with van der Waals surface area (Å²) in [6.07, 6.45) is 3.82. The fourth-order valence-corrected chi connectivity index (χ4v) is 3.81. The van der Waals surface area contributed by atoms with Gasteiger partial charge in [-0.25, -0.2) is 0 Å². The Hall–Kier alpha value is -0.650. The van der Waals surface area contributed by atoms with E-state index in [0.29, 0.717) is 0 Å². The van der Waals surface area contributed by atoms with E-state index in [2.05, 4.69) is 30.6 Å². The van der Waals surface area contributed by atoms with Gasteiger partial charge in [0.05, 0.1) is 5.54 Å². The first-order chi connectivity index (χ1) is 9.73. The van der Waals surface area contributed by atoms with E-state index in [0.717, 1.165) is 58.4 Å². The average molecular weight is 296 g/mol. The van der Waals surface area contributed by atoms with Crippen LogP contribution in [0.5, 0.6) is 0 Å². The largest absolute Gasteiger partial charge is 0.368 e. The van der Waals surface area contributed by atoms with Crippen molar-refractivity contribution in [3.8, 4) is 0 Å². The number of nitrogens with two attached hydrogens (primary N) is 2. The van der Waals surface area contributed by atoms with Gasteiger partial charge in [-0.05, 0) is 52.5 Å². The van der Waals surface area contributed by atoms with Gasteiger partial charge in [0.2, 0.25) is 5.91 Å². The lowest BCUT2D eigenvalue weighted by Gasteiger charge is -2.42. The van der Waals surface area contributed by atoms with E-state index in [1.165, 1.54) is 0 Å². The van der Waals surface area contributed by atoms with Crippen LogP contribution in [0.15, 0.2) is 0 Å². The lowest BCUT2D eigenvalue weighted by Crippen LogP contribution is -2.56. The number of primary amides is 1. The normalized spacial score (nSPS) is 32.5. The van der Waals surface area contributed by atoms with Crippen LogP contribution in [0, 0.1) is 5.92 Å². The highest BCUT2D eigenvalue weighted by Crippen LogP contribution is 2.36. The van der Waals surface area contributed by atoms with Crippen LogP contribution in [-0.4, -0.2) is 59.5 Å². The third-order valence-electron chi connectivity index (χ3n) is 5.45. The highest BCUT2D eigenvalue weighted by Gasteiger charge is 2.44. The Morgan fingerprint density at radius 2 is 1.86 bits per heavy atom. The minimum absolute atomic E-state index is 0.260. The molecule has 2 fully saturated rings. The van der Waals surface area contributed by atoms with Crippen LogP contribution in [0.4, 0.5) is 0 Å². The van der Waals surface area contributed by atoms with Crippen molar-refractivity contribution in [2.75, 3.05) is 32.7 Å². The Morgan fingerprint density at radius 3 is 2.38 bits per heavy atom. The third-order valence-corrected chi connectivity index (χ3v) is 5.45. The van der Waals surface area contributed by atoms with Gasteiger partial charge in [-0.2, -0.15) is 0 Å². The Morgan fingerprint density at radius 1 is 1.24 bits per heavy atom. The van der Waals surface area contributed by atoms with Crippen molar-refractivity contribution in [1.82, 2.24) is 9.80 Å². The number of carbonyl (C=O) groups excluding carboxylic acids is 1. The molecule has 2 unspecified atom stereocenters. The summed E-state index contributed by atoms with van der Waals surface area (Å²) in [6, 6.07) is 0. The first kappa shape index (κ1) is 16.7. The summed E-state index contributed by atoms with van der Waals surface area (Å²) < 4.78 is 0. The van der Waals surface area contributed by atoms with Gasteiger partial charge in [0.15, 0.2) is 0 Å². The molecular weight excluding hydrogens is 264 g/mol. The average Bonchev–Trinajstić information content (AvgIpc) is 2.79. The molecule has 0 radical (unpaired) electrons. The van der Waals surface area contributed by atoms with Crippen molar-refractivity contribution in [2.24, 2.45) is 17.4 Å². The van der Waals surface area contributed by atoms with Crippen LogP contribution in [0.25, 0.3) is 0 Å². The van der Waals surface area contributed by atoms with Crippen molar-refractivity contribution in [3.05, 3.63) is 0 Å². The Kier molecular flexibility index (Phi) is 4.96. The van der Waals surface area contributed by atoms with Crippen molar-refractivity contribution in [1.29, 1.82) is 0 Å². The number of carbonyl (C=O) groups is 1. The predicted octanol–water partition coefficient (Wildman–Crippen LogP) is 0.776. The summed E-state index contributed by atoms with van der Waals surface area (Å²) in [7, 11) is 0. The summed E-state index contributed by atoms with van der Waals surface area (Å²) in [6.45, 7) is 12.3. The van der Waals surface area contributed by atoms with Crippen molar-refractivity contribution < 1.29 is 4.79 Å². The minimum atomic E-state index is -0.757. The molecule has 0 bridgehead atoms. The van der Waals surface area contributed by atoms with Crippen molar-refractivity contribution in [3.63, 3.8) is 0 Å². The molecule has 21 heavy (non-hydrogen) atoms. The Bertz CT molecular complexity index is 371. The number of hydrogen-bond donors (Lipinski definition) is 2. The van der Waals surface area contributed by atoms with Crippen LogP contribution in [0.3, 0.4) is 0 Å². The molecule has 2 aliphatic rings. The predicted molar refractivity (Wildman–Crippen MR) is 85.8 cm³/mol. The third kappa shape index (κ3) is 3.76. The smallest absolute Gasteiger partial charge is 0.237 e. The molecule has 1 heterocycles. The summed E-state index contributed by atoms with van der Waals surface area (Å²) >= 11 is 0. The maximum absolute atomic E-state index is 11.6. The first-order valence-corrected chi connectivity index (χ1v) is 8.29. The van der Waals surface area contributed by atoms with Gasteiger partial charge in [0.1, 0.15) is 0 Å². The number of amides is 1. The van der Waals surface area contributed by atoms with Gasteiger partial charge in [-0.1, -0.05) is 6.42 Å². The molecule has 2 rings (SSSR count). The van der Waals surface area contributed by atoms with Crippen LogP contribution >= 0.6 is 0 Å². The minimum Gasteiger partial charge on any atom is -0.368 e. The Balaban J connectivity index is 1.79. The lowest BCUT2D eigenvalue weighted by molar-refractivity contribution is -0.124. The van der Waals surface area contributed by atoms with E-state index >= 15 is 0 Å². The molecule has 5 heteroatoms. The van der Waals surface area contributed by atoms with Crippen LogP contribution in [-0.2, 0) is 4.79 Å². The summed E-state index contributed by atoms with van der Waals surface area (Å²) in [5.41, 5.74) is 11.3. The molecule has 1 amide bonds. The fourth-order valence-electron chi connectivity index (χ4n) is 3.81. The zero-order chi connectivity index (χ0) is 15.7. The molecule has 1 aliphatic heterocycles. The first-order valence-electron chi connectivity index (χ1n) is 8.29. The molecule has 1 aliphatic carbocycles. The van der Waals surface area contributed by atoms with E-state index in [1.54, 1.807) is 0 Å². The second kappa shape index (κ2) is 6.23. The van der Waals surface area contributed by atoms with Gasteiger partial charge < -0.3 is 16.4 Å². The van der Waals surface area contributed by atoms with Gasteiger partial charge in [0, 0.05) is 31.7 Å². The maximum atomic E-state index is 11.6. The summed E-state index contributed by atoms with van der Waals surface area (Å²) in [5, 5.41) is 0. The quantitative estimate of drug-likeness (QED) is 0.804. The number of hydrogen-bond acceptors (Lipinski definition) is 4. The molecule has 2 atom stereocenters. The van der Waals surface area contributed by atoms with Crippen LogP contribution in [0.2, 0.25) is 0 Å². The number of piperazine rings is 1. The van der Waals surface area contributed by atoms with Crippen LogP contribution in [0.1, 0.15) is 46.5 Å². The molecule has 1 saturated carbocycles. The molecule has 122 valence electrons. The van der Waals surface area contributed by atoms with Gasteiger partial charge >= 0.3 is 0 Å². The molecular formula is C16H32N4O. The summed E-state index contributed by atoms with van der Waals surface area (Å²) in [4.78, 5) is 16.7. The molecule has 0 aromatic heterocycles. The zero-order valence-corrected chi connectivity index (χ0v) is 13.9. The van der Waals surface area contributed by atoms with Gasteiger partial charge in [0.25, 0.3) is 0 Å². The van der Waals surface area contributed by atoms with Gasteiger partial charge in [-0.15, -0.1) is 0 Å². The van der Waals surface area contributed by atoms with Gasteiger partial charge in [-0.3, -0.25) is 9.69 Å². The Labute approximate surface area is 129 Å². The maximum Gasteiger partial charge on any atom is 0.237 e. The molecule has 4 N–H and O–H groups in total. The van der Waals surface area contributed by atoms with Crippen molar-refractivity contribution in [2.45, 2.75) is 57.5 Å². The number of nitrogens with zero attached hydrogens (tertiary/aromatic N) is 2. The lowest BCUT2D eigenvalue weighted by atomic mass is 9.85. The molecule has 5 nitrogen and oxygen atoms in total. The fraction of sp³-hybridized carbons (Fsp3) is 0.938. The molecule has 0 aromatic rings. The number of rotatable bonds is 4. The summed E-state index contributed by atoms with van der Waals surface area (Å²) in [5.74, 6) is -0.0572. The highest BCUT2D eigenvalue weighted by atomic mass is 16.1. The highest BCUT2D eigenvalue weighted by molar-refractivity contribution is 5.85. The zero-order valence-electron chi connectivity index (χ0n) is 13.9. The monoisotopic (exact) mass is 296 g/mol. The second-order valence-corrected chi connectivity index (χ2v) is 7.78. The SMILES string of the molecule is CC(C)(C)N1CCN(CCC2CCCC2(N)C(N)=O)CC1. The molecule has 0 spiro atoms. The second-order valence-electron chi connectivity index (χ2n) is 7.78. The molecule has 0 aromatic carbocycles. The van der Waals surface area contributed by atoms with E-state index in [1.807, 2.05) is 0 Å². The van der Waals surface area contributed by atoms with E-state index in [9.17, 15) is 4.79 Å². The topological polar surface area (TPSA) is 75.6 Å². The van der Waals surface area contributed by atoms with E-state index < -0.39 is 5.54 Å². The van der Waals surface area contributed by atoms with E-state index in [-0.39, 0.29) is 17.4 Å². The van der Waals surface area contributed by atoms with E-state index in [4.69, 9.17) is 11.5 Å².